The van der Waals surface area contributed by atoms with Gasteiger partial charge in [0.1, 0.15) is 5.71 Å². The average Bonchev–Trinajstić information content (AvgIpc) is 3.08. The van der Waals surface area contributed by atoms with Crippen molar-refractivity contribution in [2.75, 3.05) is 0 Å². The van der Waals surface area contributed by atoms with E-state index in [0.717, 1.165) is 31.2 Å². The summed E-state index contributed by atoms with van der Waals surface area (Å²) in [4.78, 5) is 12.8. The normalized spacial score (nSPS) is 19.3. The van der Waals surface area contributed by atoms with Crippen molar-refractivity contribution in [3.63, 3.8) is 0 Å². The molecule has 0 spiro atoms. The molecule has 1 aliphatic heterocycles. The summed E-state index contributed by atoms with van der Waals surface area (Å²) in [7, 11) is 0. The summed E-state index contributed by atoms with van der Waals surface area (Å²) in [6, 6.07) is 14.5. The Bertz CT molecular complexity index is 879. The molecule has 0 fully saturated rings. The van der Waals surface area contributed by atoms with Crippen LogP contribution < -0.4 is 0 Å². The Morgan fingerprint density at radius 2 is 1.76 bits per heavy atom. The number of rotatable bonds is 6. The maximum absolute atomic E-state index is 13.3. The molecule has 0 radical (unpaired) electrons. The molecule has 2 aromatic carbocycles. The largest absolute Gasteiger partial charge is 0.431 e. The number of halogens is 3. The SMILES string of the molecule is CCCCCc1ccc([C@]2(O)CC(C(F)(F)F)=NN2C(=O)c2ccccc2)cc1. The van der Waals surface area contributed by atoms with Crippen LogP contribution in [-0.2, 0) is 12.1 Å². The fourth-order valence-corrected chi connectivity index (χ4v) is 3.36. The number of aryl methyl sites for hydroxylation is 1. The number of hydrazone groups is 1. The van der Waals surface area contributed by atoms with Crippen LogP contribution >= 0.6 is 0 Å². The molecule has 1 aliphatic rings. The predicted octanol–water partition coefficient (Wildman–Crippen LogP) is 5.03. The predicted molar refractivity (Wildman–Crippen MR) is 104 cm³/mol. The Kier molecular flexibility index (Phi) is 6.07. The molecule has 0 aromatic heterocycles. The standard InChI is InChI=1S/C22H23F3N2O2/c1-2-3-5-8-16-11-13-18(14-12-16)21(29)15-19(22(23,24)25)26-27(21)20(28)17-9-6-4-7-10-17/h4,6-7,9-14,29H,2-3,5,8,15H2,1H3/t21-/m1/s1. The summed E-state index contributed by atoms with van der Waals surface area (Å²) in [5, 5.41) is 15.2. The molecule has 7 heteroatoms. The minimum absolute atomic E-state index is 0.147. The fourth-order valence-electron chi connectivity index (χ4n) is 3.36. The van der Waals surface area contributed by atoms with Crippen LogP contribution in [0.4, 0.5) is 13.2 Å². The van der Waals surface area contributed by atoms with Crippen molar-refractivity contribution in [1.82, 2.24) is 5.01 Å². The molecule has 0 saturated carbocycles. The van der Waals surface area contributed by atoms with Crippen molar-refractivity contribution < 1.29 is 23.1 Å². The first kappa shape index (κ1) is 21.0. The molecular weight excluding hydrogens is 381 g/mol. The number of hydrogen-bond acceptors (Lipinski definition) is 3. The highest BCUT2D eigenvalue weighted by Crippen LogP contribution is 2.40. The Balaban J connectivity index is 1.93. The number of carbonyl (C=O) groups excluding carboxylic acids is 1. The number of benzene rings is 2. The number of nitrogens with zero attached hydrogens (tertiary/aromatic N) is 2. The van der Waals surface area contributed by atoms with E-state index in [1.54, 1.807) is 42.5 Å². The molecule has 154 valence electrons. The van der Waals surface area contributed by atoms with E-state index in [1.165, 1.54) is 12.1 Å². The maximum atomic E-state index is 13.3. The highest BCUT2D eigenvalue weighted by Gasteiger charge is 2.53. The van der Waals surface area contributed by atoms with Crippen LogP contribution in [0.5, 0.6) is 0 Å². The summed E-state index contributed by atoms with van der Waals surface area (Å²) >= 11 is 0. The first-order valence-electron chi connectivity index (χ1n) is 9.62. The van der Waals surface area contributed by atoms with Gasteiger partial charge >= 0.3 is 6.18 Å². The van der Waals surface area contributed by atoms with Crippen molar-refractivity contribution in [1.29, 1.82) is 0 Å². The second-order valence-corrected chi connectivity index (χ2v) is 7.17. The molecule has 29 heavy (non-hydrogen) atoms. The van der Waals surface area contributed by atoms with Crippen LogP contribution in [-0.4, -0.2) is 27.9 Å². The zero-order valence-corrected chi connectivity index (χ0v) is 16.1. The second kappa shape index (κ2) is 8.37. The van der Waals surface area contributed by atoms with E-state index in [9.17, 15) is 23.1 Å². The highest BCUT2D eigenvalue weighted by atomic mass is 19.4. The summed E-state index contributed by atoms with van der Waals surface area (Å²) in [5.41, 5.74) is -2.00. The van der Waals surface area contributed by atoms with Gasteiger partial charge in [0.25, 0.3) is 5.91 Å². The van der Waals surface area contributed by atoms with Crippen molar-refractivity contribution in [3.8, 4) is 0 Å². The van der Waals surface area contributed by atoms with Crippen LogP contribution in [0.2, 0.25) is 0 Å². The molecule has 1 heterocycles. The summed E-state index contributed by atoms with van der Waals surface area (Å²) in [6.07, 6.45) is -1.51. The minimum Gasteiger partial charge on any atom is -0.365 e. The van der Waals surface area contributed by atoms with Crippen molar-refractivity contribution >= 4 is 11.6 Å². The van der Waals surface area contributed by atoms with Crippen molar-refractivity contribution in [2.45, 2.75) is 50.9 Å². The molecule has 1 N–H and O–H groups in total. The molecule has 0 aliphatic carbocycles. The Morgan fingerprint density at radius 3 is 2.34 bits per heavy atom. The highest BCUT2D eigenvalue weighted by molar-refractivity contribution is 5.99. The van der Waals surface area contributed by atoms with Gasteiger partial charge in [-0.05, 0) is 30.5 Å². The van der Waals surface area contributed by atoms with Crippen LogP contribution in [0.25, 0.3) is 0 Å². The van der Waals surface area contributed by atoms with Gasteiger partial charge in [-0.25, -0.2) is 0 Å². The number of amides is 1. The van der Waals surface area contributed by atoms with Gasteiger partial charge in [0.15, 0.2) is 5.72 Å². The van der Waals surface area contributed by atoms with Gasteiger partial charge < -0.3 is 5.11 Å². The third kappa shape index (κ3) is 4.50. The summed E-state index contributed by atoms with van der Waals surface area (Å²) < 4.78 is 39.9. The number of aliphatic hydroxyl groups is 1. The summed E-state index contributed by atoms with van der Waals surface area (Å²) in [6.45, 7) is 2.11. The van der Waals surface area contributed by atoms with Gasteiger partial charge in [-0.3, -0.25) is 4.79 Å². The third-order valence-electron chi connectivity index (χ3n) is 5.01. The lowest BCUT2D eigenvalue weighted by Gasteiger charge is -2.31. The van der Waals surface area contributed by atoms with E-state index < -0.39 is 29.9 Å². The van der Waals surface area contributed by atoms with E-state index in [2.05, 4.69) is 12.0 Å². The lowest BCUT2D eigenvalue weighted by atomic mass is 9.94. The van der Waals surface area contributed by atoms with Gasteiger partial charge in [-0.2, -0.15) is 23.3 Å². The molecule has 0 saturated heterocycles. The van der Waals surface area contributed by atoms with E-state index in [0.29, 0.717) is 5.01 Å². The smallest absolute Gasteiger partial charge is 0.365 e. The zero-order chi connectivity index (χ0) is 21.1. The molecular formula is C22H23F3N2O2. The lowest BCUT2D eigenvalue weighted by Crippen LogP contribution is -2.43. The van der Waals surface area contributed by atoms with Gasteiger partial charge in [0, 0.05) is 11.1 Å². The van der Waals surface area contributed by atoms with Crippen molar-refractivity contribution in [3.05, 3.63) is 71.3 Å². The van der Waals surface area contributed by atoms with Crippen LogP contribution in [0, 0.1) is 0 Å². The van der Waals surface area contributed by atoms with E-state index in [1.807, 2.05) is 0 Å². The van der Waals surface area contributed by atoms with Crippen LogP contribution in [0.3, 0.4) is 0 Å². The summed E-state index contributed by atoms with van der Waals surface area (Å²) in [5.74, 6) is -0.792. The fraction of sp³-hybridized carbons (Fsp3) is 0.364. The molecule has 0 unspecified atom stereocenters. The Labute approximate surface area is 167 Å². The van der Waals surface area contributed by atoms with Gasteiger partial charge in [0.05, 0.1) is 6.42 Å². The van der Waals surface area contributed by atoms with Crippen LogP contribution in [0.15, 0.2) is 59.7 Å². The zero-order valence-electron chi connectivity index (χ0n) is 16.1. The van der Waals surface area contributed by atoms with Crippen LogP contribution in [0.1, 0.15) is 54.1 Å². The molecule has 3 rings (SSSR count). The lowest BCUT2D eigenvalue weighted by molar-refractivity contribution is -0.0816. The number of unbranched alkanes of at least 4 members (excludes halogenated alkanes) is 2. The first-order valence-corrected chi connectivity index (χ1v) is 9.62. The molecule has 1 amide bonds. The van der Waals surface area contributed by atoms with Crippen molar-refractivity contribution in [2.24, 2.45) is 5.10 Å². The van der Waals surface area contributed by atoms with Gasteiger partial charge in [-0.1, -0.05) is 62.2 Å². The number of carbonyl (C=O) groups is 1. The van der Waals surface area contributed by atoms with E-state index >= 15 is 0 Å². The first-order chi connectivity index (χ1) is 13.8. The molecule has 1 atom stereocenters. The van der Waals surface area contributed by atoms with Gasteiger partial charge in [0.2, 0.25) is 0 Å². The van der Waals surface area contributed by atoms with Gasteiger partial charge in [-0.15, -0.1) is 0 Å². The Morgan fingerprint density at radius 1 is 1.10 bits per heavy atom. The monoisotopic (exact) mass is 404 g/mol. The third-order valence-corrected chi connectivity index (χ3v) is 5.01. The van der Waals surface area contributed by atoms with E-state index in [4.69, 9.17) is 0 Å². The van der Waals surface area contributed by atoms with E-state index in [-0.39, 0.29) is 11.1 Å². The molecule has 0 bridgehead atoms. The second-order valence-electron chi connectivity index (χ2n) is 7.17. The molecule has 4 nitrogen and oxygen atoms in total. The number of hydrogen-bond donors (Lipinski definition) is 1. The Hall–Kier alpha value is -2.67. The molecule has 2 aromatic rings. The number of alkyl halides is 3. The maximum Gasteiger partial charge on any atom is 0.431 e. The average molecular weight is 404 g/mol. The quantitative estimate of drug-likeness (QED) is 0.687. The minimum atomic E-state index is -4.74. The topological polar surface area (TPSA) is 52.9 Å².